The van der Waals surface area contributed by atoms with Crippen molar-refractivity contribution in [3.8, 4) is 17.2 Å². The maximum Gasteiger partial charge on any atom is 0.228 e. The van der Waals surface area contributed by atoms with Gasteiger partial charge in [-0.1, -0.05) is 13.0 Å². The molecule has 0 aliphatic rings. The number of amides is 1. The SMILES string of the molecule is COc1cc(C)ccc1Oc1ccc(F)cc1NC(=O)C(C)CN. The number of nitrogens with one attached hydrogen (secondary N) is 1. The van der Waals surface area contributed by atoms with Crippen LogP contribution in [0, 0.1) is 18.7 Å². The van der Waals surface area contributed by atoms with Gasteiger partial charge in [0.05, 0.1) is 12.8 Å². The first kappa shape index (κ1) is 17.7. The lowest BCUT2D eigenvalue weighted by atomic mass is 10.1. The molecule has 0 aliphatic heterocycles. The third-order valence-electron chi connectivity index (χ3n) is 3.54. The number of rotatable bonds is 6. The van der Waals surface area contributed by atoms with Crippen molar-refractivity contribution in [2.75, 3.05) is 19.0 Å². The average Bonchev–Trinajstić information content (AvgIpc) is 2.57. The summed E-state index contributed by atoms with van der Waals surface area (Å²) >= 11 is 0. The van der Waals surface area contributed by atoms with E-state index >= 15 is 0 Å². The Morgan fingerprint density at radius 1 is 1.21 bits per heavy atom. The lowest BCUT2D eigenvalue weighted by Gasteiger charge is -2.16. The second-order valence-corrected chi connectivity index (χ2v) is 5.52. The van der Waals surface area contributed by atoms with Crippen molar-refractivity contribution in [2.24, 2.45) is 11.7 Å². The number of carbonyl (C=O) groups excluding carboxylic acids is 1. The summed E-state index contributed by atoms with van der Waals surface area (Å²) in [5, 5.41) is 2.65. The van der Waals surface area contributed by atoms with Gasteiger partial charge < -0.3 is 20.5 Å². The van der Waals surface area contributed by atoms with Crippen LogP contribution in [-0.2, 0) is 4.79 Å². The number of nitrogens with two attached hydrogens (primary N) is 1. The number of ether oxygens (including phenoxy) is 2. The van der Waals surface area contributed by atoms with Crippen molar-refractivity contribution >= 4 is 11.6 Å². The molecule has 0 radical (unpaired) electrons. The van der Waals surface area contributed by atoms with E-state index in [1.165, 1.54) is 25.3 Å². The minimum Gasteiger partial charge on any atom is -0.493 e. The topological polar surface area (TPSA) is 73.6 Å². The van der Waals surface area contributed by atoms with E-state index in [4.69, 9.17) is 15.2 Å². The molecule has 1 unspecified atom stereocenters. The molecule has 0 saturated heterocycles. The second-order valence-electron chi connectivity index (χ2n) is 5.52. The highest BCUT2D eigenvalue weighted by Gasteiger charge is 2.16. The molecule has 5 nitrogen and oxygen atoms in total. The highest BCUT2D eigenvalue weighted by molar-refractivity contribution is 5.94. The number of halogens is 1. The van der Waals surface area contributed by atoms with Crippen molar-refractivity contribution in [1.29, 1.82) is 0 Å². The second kappa shape index (κ2) is 7.79. The fourth-order valence-corrected chi connectivity index (χ4v) is 2.03. The number of methoxy groups -OCH3 is 1. The van der Waals surface area contributed by atoms with Crippen LogP contribution in [0.1, 0.15) is 12.5 Å². The Bertz CT molecular complexity index is 734. The molecule has 0 aliphatic carbocycles. The quantitative estimate of drug-likeness (QED) is 0.849. The number of aryl methyl sites for hydroxylation is 1. The molecule has 0 fully saturated rings. The van der Waals surface area contributed by atoms with Gasteiger partial charge in [0, 0.05) is 18.5 Å². The van der Waals surface area contributed by atoms with Crippen LogP contribution in [-0.4, -0.2) is 19.6 Å². The van der Waals surface area contributed by atoms with Gasteiger partial charge in [0.2, 0.25) is 5.91 Å². The van der Waals surface area contributed by atoms with Crippen LogP contribution in [0.15, 0.2) is 36.4 Å². The van der Waals surface area contributed by atoms with Gasteiger partial charge >= 0.3 is 0 Å². The molecule has 6 heteroatoms. The van der Waals surface area contributed by atoms with E-state index in [2.05, 4.69) is 5.32 Å². The zero-order chi connectivity index (χ0) is 17.7. The van der Waals surface area contributed by atoms with Crippen LogP contribution in [0.25, 0.3) is 0 Å². The predicted octanol–water partition coefficient (Wildman–Crippen LogP) is 3.47. The smallest absolute Gasteiger partial charge is 0.228 e. The van der Waals surface area contributed by atoms with Gasteiger partial charge in [0.1, 0.15) is 5.82 Å². The highest BCUT2D eigenvalue weighted by Crippen LogP contribution is 2.36. The zero-order valence-corrected chi connectivity index (χ0v) is 13.9. The Morgan fingerprint density at radius 2 is 1.92 bits per heavy atom. The summed E-state index contributed by atoms with van der Waals surface area (Å²) in [6.45, 7) is 3.82. The first-order chi connectivity index (χ1) is 11.4. The number of anilines is 1. The van der Waals surface area contributed by atoms with E-state index in [9.17, 15) is 9.18 Å². The Labute approximate surface area is 140 Å². The molecule has 2 aromatic carbocycles. The average molecular weight is 332 g/mol. The summed E-state index contributed by atoms with van der Waals surface area (Å²) in [7, 11) is 1.54. The molecule has 0 heterocycles. The molecule has 2 rings (SSSR count). The van der Waals surface area contributed by atoms with Gasteiger partial charge in [-0.2, -0.15) is 0 Å². The lowest BCUT2D eigenvalue weighted by Crippen LogP contribution is -2.26. The third-order valence-corrected chi connectivity index (χ3v) is 3.54. The van der Waals surface area contributed by atoms with E-state index in [-0.39, 0.29) is 18.1 Å². The summed E-state index contributed by atoms with van der Waals surface area (Å²) in [4.78, 5) is 12.0. The van der Waals surface area contributed by atoms with Gasteiger partial charge in [-0.15, -0.1) is 0 Å². The summed E-state index contributed by atoms with van der Waals surface area (Å²) in [6, 6.07) is 9.38. The zero-order valence-electron chi connectivity index (χ0n) is 13.9. The highest BCUT2D eigenvalue weighted by atomic mass is 19.1. The van der Waals surface area contributed by atoms with Gasteiger partial charge in [-0.3, -0.25) is 4.79 Å². The van der Waals surface area contributed by atoms with Crippen molar-refractivity contribution < 1.29 is 18.7 Å². The summed E-state index contributed by atoms with van der Waals surface area (Å²) in [5.74, 6) is 0.160. The molecule has 128 valence electrons. The van der Waals surface area contributed by atoms with Crippen molar-refractivity contribution in [2.45, 2.75) is 13.8 Å². The lowest BCUT2D eigenvalue weighted by molar-refractivity contribution is -0.119. The molecule has 0 spiro atoms. The molecule has 24 heavy (non-hydrogen) atoms. The molecule has 1 atom stereocenters. The molecule has 1 amide bonds. The van der Waals surface area contributed by atoms with Crippen molar-refractivity contribution in [1.82, 2.24) is 0 Å². The Kier molecular flexibility index (Phi) is 5.76. The summed E-state index contributed by atoms with van der Waals surface area (Å²) in [5.41, 5.74) is 6.74. The fourth-order valence-electron chi connectivity index (χ4n) is 2.03. The largest absolute Gasteiger partial charge is 0.493 e. The first-order valence-electron chi connectivity index (χ1n) is 7.57. The standard InChI is InChI=1S/C18H21FN2O3/c1-11-4-6-16(17(8-11)23-3)24-15-7-5-13(19)9-14(15)21-18(22)12(2)10-20/h4-9,12H,10,20H2,1-3H3,(H,21,22). The normalized spacial score (nSPS) is 11.7. The van der Waals surface area contributed by atoms with Crippen LogP contribution in [0.4, 0.5) is 10.1 Å². The van der Waals surface area contributed by atoms with E-state index in [0.29, 0.717) is 17.2 Å². The van der Waals surface area contributed by atoms with Crippen LogP contribution in [0.5, 0.6) is 17.2 Å². The molecule has 0 bridgehead atoms. The van der Waals surface area contributed by atoms with Crippen molar-refractivity contribution in [3.63, 3.8) is 0 Å². The number of hydrogen-bond donors (Lipinski definition) is 2. The van der Waals surface area contributed by atoms with Crippen LogP contribution >= 0.6 is 0 Å². The molecule has 3 N–H and O–H groups in total. The van der Waals surface area contributed by atoms with Crippen molar-refractivity contribution in [3.05, 3.63) is 47.8 Å². The van der Waals surface area contributed by atoms with Crippen LogP contribution < -0.4 is 20.5 Å². The Balaban J connectivity index is 2.32. The monoisotopic (exact) mass is 332 g/mol. The minimum absolute atomic E-state index is 0.198. The first-order valence-corrected chi connectivity index (χ1v) is 7.57. The van der Waals surface area contributed by atoms with E-state index in [1.54, 1.807) is 13.0 Å². The maximum atomic E-state index is 13.6. The summed E-state index contributed by atoms with van der Waals surface area (Å²) < 4.78 is 24.7. The maximum absolute atomic E-state index is 13.6. The van der Waals surface area contributed by atoms with Gasteiger partial charge in [0.25, 0.3) is 0 Å². The third kappa shape index (κ3) is 4.23. The van der Waals surface area contributed by atoms with Gasteiger partial charge in [-0.25, -0.2) is 4.39 Å². The van der Waals surface area contributed by atoms with Gasteiger partial charge in [-0.05, 0) is 36.8 Å². The predicted molar refractivity (Wildman–Crippen MR) is 91.1 cm³/mol. The minimum atomic E-state index is -0.478. The number of benzene rings is 2. The van der Waals surface area contributed by atoms with Gasteiger partial charge in [0.15, 0.2) is 17.2 Å². The number of carbonyl (C=O) groups is 1. The molecule has 0 saturated carbocycles. The Morgan fingerprint density at radius 3 is 2.58 bits per heavy atom. The van der Waals surface area contributed by atoms with Crippen LogP contribution in [0.3, 0.4) is 0 Å². The molecular weight excluding hydrogens is 311 g/mol. The van der Waals surface area contributed by atoms with E-state index in [0.717, 1.165) is 5.56 Å². The van der Waals surface area contributed by atoms with E-state index < -0.39 is 11.7 Å². The molecule has 0 aromatic heterocycles. The number of hydrogen-bond acceptors (Lipinski definition) is 4. The fraction of sp³-hybridized carbons (Fsp3) is 0.278. The summed E-state index contributed by atoms with van der Waals surface area (Å²) in [6.07, 6.45) is 0. The van der Waals surface area contributed by atoms with Crippen LogP contribution in [0.2, 0.25) is 0 Å². The molecular formula is C18H21FN2O3. The van der Waals surface area contributed by atoms with E-state index in [1.807, 2.05) is 19.1 Å². The molecule has 2 aromatic rings. The Hall–Kier alpha value is -2.60.